The average molecular weight is 473 g/mol. The number of aliphatic hydroxyl groups excluding tert-OH is 6. The van der Waals surface area contributed by atoms with Crippen molar-refractivity contribution in [2.45, 2.75) is 73.4 Å². The van der Waals surface area contributed by atoms with Gasteiger partial charge in [0.2, 0.25) is 11.8 Å². The smallest absolute Gasteiger partial charge is 0.217 e. The maximum atomic E-state index is 11.5. The first kappa shape index (κ1) is 25.6. The predicted molar refractivity (Wildman–Crippen MR) is 106 cm³/mol. The lowest BCUT2D eigenvalue weighted by atomic mass is 9.98. The molecule has 2 unspecified atom stereocenters. The molecule has 0 bridgehead atoms. The number of carbonyl (C=O) groups excluding carboxylic acids is 2. The van der Waals surface area contributed by atoms with Gasteiger partial charge in [0.05, 0.1) is 25.3 Å². The fourth-order valence-corrected chi connectivity index (χ4v) is 6.15. The molecule has 14 heteroatoms. The Bertz CT molecular complexity index is 552. The Morgan fingerprint density at radius 1 is 0.733 bits per heavy atom. The summed E-state index contributed by atoms with van der Waals surface area (Å²) in [4.78, 5) is 23.0. The van der Waals surface area contributed by atoms with E-state index in [0.717, 1.165) is 21.6 Å². The van der Waals surface area contributed by atoms with E-state index in [1.54, 1.807) is 0 Å². The van der Waals surface area contributed by atoms with Crippen LogP contribution in [-0.2, 0) is 19.1 Å². The third-order valence-corrected chi connectivity index (χ3v) is 7.52. The monoisotopic (exact) mass is 472 g/mol. The van der Waals surface area contributed by atoms with Gasteiger partial charge in [-0.1, -0.05) is 21.6 Å². The molecular formula is C16H28N2O10S2. The van der Waals surface area contributed by atoms with Crippen LogP contribution in [0.1, 0.15) is 13.8 Å². The molecule has 0 aromatic rings. The molecule has 10 atom stereocenters. The molecule has 2 aliphatic rings. The topological polar surface area (TPSA) is 198 Å². The molecule has 2 aliphatic heterocycles. The largest absolute Gasteiger partial charge is 0.394 e. The van der Waals surface area contributed by atoms with Crippen molar-refractivity contribution >= 4 is 33.4 Å². The number of rotatable bonds is 7. The number of hydrogen-bond acceptors (Lipinski definition) is 12. The highest BCUT2D eigenvalue weighted by atomic mass is 33.1. The molecule has 174 valence electrons. The lowest BCUT2D eigenvalue weighted by Gasteiger charge is -2.44. The van der Waals surface area contributed by atoms with Gasteiger partial charge in [0.1, 0.15) is 47.5 Å². The Kier molecular flexibility index (Phi) is 9.60. The summed E-state index contributed by atoms with van der Waals surface area (Å²) in [7, 11) is 1.94. The summed E-state index contributed by atoms with van der Waals surface area (Å²) in [5.74, 6) is -0.950. The molecule has 12 nitrogen and oxygen atoms in total. The Morgan fingerprint density at radius 3 is 1.33 bits per heavy atom. The molecule has 0 aliphatic carbocycles. The van der Waals surface area contributed by atoms with Crippen LogP contribution in [0.2, 0.25) is 0 Å². The highest BCUT2D eigenvalue weighted by molar-refractivity contribution is 8.77. The minimum Gasteiger partial charge on any atom is -0.394 e. The third-order valence-electron chi connectivity index (χ3n) is 4.75. The standard InChI is InChI=1S/C16H28N2O10S2/c1-5(21)17-9-13(25)11(23)7(3-19)27-15(9)29-30-16-10(18-6(2)22)14(26)12(24)8(4-20)28-16/h7-16,19-20,23-26H,3-4H2,1-2H3,(H,17,21)(H,18,22)/t7-,8-,9-,10-,11-,12-,13-,14-,15?,16?/m1/s1. The minimum absolute atomic E-state index is 0.475. The Labute approximate surface area is 180 Å². The molecule has 0 saturated carbocycles. The van der Waals surface area contributed by atoms with E-state index in [1.807, 2.05) is 0 Å². The van der Waals surface area contributed by atoms with Gasteiger partial charge in [0.25, 0.3) is 0 Å². The molecule has 2 rings (SSSR count). The first-order chi connectivity index (χ1) is 14.1. The van der Waals surface area contributed by atoms with E-state index in [2.05, 4.69) is 10.6 Å². The van der Waals surface area contributed by atoms with Crippen molar-refractivity contribution in [3.63, 3.8) is 0 Å². The highest BCUT2D eigenvalue weighted by Crippen LogP contribution is 2.41. The van der Waals surface area contributed by atoms with Crippen LogP contribution in [0.3, 0.4) is 0 Å². The van der Waals surface area contributed by atoms with E-state index in [-0.39, 0.29) is 0 Å². The van der Waals surface area contributed by atoms with Crippen molar-refractivity contribution < 1.29 is 49.7 Å². The number of carbonyl (C=O) groups is 2. The predicted octanol–water partition coefficient (Wildman–Crippen LogP) is -3.74. The van der Waals surface area contributed by atoms with Crippen LogP contribution >= 0.6 is 21.6 Å². The van der Waals surface area contributed by atoms with Crippen molar-refractivity contribution in [3.05, 3.63) is 0 Å². The van der Waals surface area contributed by atoms with Crippen LogP contribution in [0.25, 0.3) is 0 Å². The molecule has 0 spiro atoms. The zero-order valence-corrected chi connectivity index (χ0v) is 18.0. The number of ether oxygens (including phenoxy) is 2. The maximum absolute atomic E-state index is 11.5. The second-order valence-electron chi connectivity index (χ2n) is 7.06. The summed E-state index contributed by atoms with van der Waals surface area (Å²) in [5.41, 5.74) is -1.87. The van der Waals surface area contributed by atoms with E-state index in [0.29, 0.717) is 0 Å². The Hall–Kier alpha value is -0.680. The summed E-state index contributed by atoms with van der Waals surface area (Å²) in [6, 6.07) is -2.05. The molecular weight excluding hydrogens is 444 g/mol. The van der Waals surface area contributed by atoms with Gasteiger partial charge in [-0.3, -0.25) is 9.59 Å². The van der Waals surface area contributed by atoms with Gasteiger partial charge in [0, 0.05) is 13.8 Å². The summed E-state index contributed by atoms with van der Waals surface area (Å²) in [6.07, 6.45) is -7.90. The lowest BCUT2D eigenvalue weighted by Crippen LogP contribution is -2.64. The van der Waals surface area contributed by atoms with Gasteiger partial charge in [-0.25, -0.2) is 0 Å². The first-order valence-corrected chi connectivity index (χ1v) is 11.5. The fraction of sp³-hybridized carbons (Fsp3) is 0.875. The van der Waals surface area contributed by atoms with Crippen LogP contribution in [0.4, 0.5) is 0 Å². The highest BCUT2D eigenvalue weighted by Gasteiger charge is 2.48. The van der Waals surface area contributed by atoms with Crippen molar-refractivity contribution in [3.8, 4) is 0 Å². The second kappa shape index (κ2) is 11.3. The molecule has 8 N–H and O–H groups in total. The van der Waals surface area contributed by atoms with E-state index in [9.17, 15) is 40.2 Å². The lowest BCUT2D eigenvalue weighted by molar-refractivity contribution is -0.174. The average Bonchev–Trinajstić information content (AvgIpc) is 2.69. The van der Waals surface area contributed by atoms with Crippen LogP contribution < -0.4 is 10.6 Å². The summed E-state index contributed by atoms with van der Waals surface area (Å²) >= 11 is 0. The molecule has 0 aromatic carbocycles. The van der Waals surface area contributed by atoms with Gasteiger partial charge in [-0.15, -0.1) is 0 Å². The van der Waals surface area contributed by atoms with Crippen LogP contribution in [-0.4, -0.2) is 115 Å². The summed E-state index contributed by atoms with van der Waals surface area (Å²) in [6.45, 7) is 1.32. The van der Waals surface area contributed by atoms with Crippen LogP contribution in [0, 0.1) is 0 Å². The van der Waals surface area contributed by atoms with Gasteiger partial charge >= 0.3 is 0 Å². The first-order valence-electron chi connectivity index (χ1n) is 9.21. The second-order valence-corrected chi connectivity index (χ2v) is 9.53. The SMILES string of the molecule is CC(=O)N[C@H]1C(SSC2O[C@H](CO)[C@@H](O)[C@H](O)[C@H]2NC(C)=O)O[C@H](CO)[C@@H](O)[C@@H]1O. The zero-order valence-electron chi connectivity index (χ0n) is 16.3. The van der Waals surface area contributed by atoms with Gasteiger partial charge in [0.15, 0.2) is 0 Å². The van der Waals surface area contributed by atoms with E-state index >= 15 is 0 Å². The van der Waals surface area contributed by atoms with Crippen LogP contribution in [0.5, 0.6) is 0 Å². The third kappa shape index (κ3) is 5.97. The van der Waals surface area contributed by atoms with Crippen molar-refractivity contribution in [1.82, 2.24) is 10.6 Å². The van der Waals surface area contributed by atoms with Crippen molar-refractivity contribution in [2.24, 2.45) is 0 Å². The maximum Gasteiger partial charge on any atom is 0.217 e. The van der Waals surface area contributed by atoms with Gasteiger partial charge < -0.3 is 50.7 Å². The number of amides is 2. The Morgan fingerprint density at radius 2 is 1.07 bits per heavy atom. The normalized spacial score (nSPS) is 41.9. The van der Waals surface area contributed by atoms with E-state index in [1.165, 1.54) is 13.8 Å². The molecule has 2 heterocycles. The number of hydrogen-bond donors (Lipinski definition) is 8. The quantitative estimate of drug-likeness (QED) is 0.169. The minimum atomic E-state index is -1.43. The molecule has 0 radical (unpaired) electrons. The summed E-state index contributed by atoms with van der Waals surface area (Å²) in [5, 5.41) is 64.6. The van der Waals surface area contributed by atoms with Crippen LogP contribution in [0.15, 0.2) is 0 Å². The zero-order chi connectivity index (χ0) is 22.6. The molecule has 2 fully saturated rings. The van der Waals surface area contributed by atoms with Crippen molar-refractivity contribution in [2.75, 3.05) is 13.2 Å². The molecule has 2 saturated heterocycles. The Balaban J connectivity index is 2.16. The van der Waals surface area contributed by atoms with E-state index < -0.39 is 84.6 Å². The number of aliphatic hydroxyl groups is 6. The summed E-state index contributed by atoms with van der Waals surface area (Å²) < 4.78 is 11.2. The van der Waals surface area contributed by atoms with Crippen molar-refractivity contribution in [1.29, 1.82) is 0 Å². The molecule has 30 heavy (non-hydrogen) atoms. The van der Waals surface area contributed by atoms with E-state index in [4.69, 9.17) is 9.47 Å². The molecule has 0 aromatic heterocycles. The molecule has 2 amide bonds. The number of nitrogens with one attached hydrogen (secondary N) is 2. The van der Waals surface area contributed by atoms with Gasteiger partial charge in [-0.2, -0.15) is 0 Å². The fourth-order valence-electron chi connectivity index (χ4n) is 3.21. The van der Waals surface area contributed by atoms with Gasteiger partial charge in [-0.05, 0) is 0 Å².